The van der Waals surface area contributed by atoms with Crippen molar-refractivity contribution in [2.45, 2.75) is 64.2 Å². The number of fused-ring (bicyclic) bond motifs is 1. The van der Waals surface area contributed by atoms with E-state index in [1.54, 1.807) is 4.90 Å². The second kappa shape index (κ2) is 6.78. The number of piperidine rings is 1. The fourth-order valence-corrected chi connectivity index (χ4v) is 4.30. The average molecular weight is 395 g/mol. The molecule has 27 heavy (non-hydrogen) atoms. The number of carbonyl (C=O) groups is 1. The summed E-state index contributed by atoms with van der Waals surface area (Å²) in [6, 6.07) is 0. The van der Waals surface area contributed by atoms with E-state index in [1.807, 2.05) is 20.8 Å². The van der Waals surface area contributed by atoms with Crippen molar-refractivity contribution in [2.75, 3.05) is 31.1 Å². The van der Waals surface area contributed by atoms with Gasteiger partial charge in [-0.25, -0.2) is 14.8 Å². The van der Waals surface area contributed by atoms with E-state index in [2.05, 4.69) is 14.9 Å². The van der Waals surface area contributed by atoms with Gasteiger partial charge >= 0.3 is 6.09 Å². The standard InChI is InChI=1S/C19H27ClN4O3/c1-18(2,3)27-17(25)23-9-5-13-14(11-23)21-16(20)22-15(13)24-8-4-6-19(12-24)7-10-26-19/h4-12H2,1-3H3. The van der Waals surface area contributed by atoms with E-state index in [4.69, 9.17) is 21.1 Å². The Morgan fingerprint density at radius 1 is 1.26 bits per heavy atom. The van der Waals surface area contributed by atoms with Crippen LogP contribution in [0.5, 0.6) is 0 Å². The maximum atomic E-state index is 12.4. The van der Waals surface area contributed by atoms with Crippen LogP contribution in [0.1, 0.15) is 51.3 Å². The van der Waals surface area contributed by atoms with Crippen molar-refractivity contribution in [3.05, 3.63) is 16.5 Å². The summed E-state index contributed by atoms with van der Waals surface area (Å²) >= 11 is 6.24. The summed E-state index contributed by atoms with van der Waals surface area (Å²) in [5.74, 6) is 0.906. The third-order valence-corrected chi connectivity index (χ3v) is 5.64. The molecule has 1 amide bonds. The molecule has 148 valence electrons. The molecule has 0 aromatic carbocycles. The van der Waals surface area contributed by atoms with Crippen LogP contribution in [-0.4, -0.2) is 58.4 Å². The van der Waals surface area contributed by atoms with Crippen molar-refractivity contribution < 1.29 is 14.3 Å². The van der Waals surface area contributed by atoms with Crippen LogP contribution in [0, 0.1) is 0 Å². The molecule has 1 unspecified atom stereocenters. The van der Waals surface area contributed by atoms with Crippen molar-refractivity contribution in [2.24, 2.45) is 0 Å². The minimum absolute atomic E-state index is 0.0141. The van der Waals surface area contributed by atoms with E-state index in [9.17, 15) is 4.79 Å². The Bertz CT molecular complexity index is 745. The van der Waals surface area contributed by atoms with Gasteiger partial charge in [-0.3, -0.25) is 0 Å². The van der Waals surface area contributed by atoms with E-state index in [0.29, 0.717) is 19.5 Å². The van der Waals surface area contributed by atoms with Crippen LogP contribution in [0.15, 0.2) is 0 Å². The number of ether oxygens (including phenoxy) is 2. The molecule has 1 spiro atoms. The molecule has 2 fully saturated rings. The van der Waals surface area contributed by atoms with Gasteiger partial charge in [0.15, 0.2) is 0 Å². The van der Waals surface area contributed by atoms with Crippen LogP contribution in [0.3, 0.4) is 0 Å². The van der Waals surface area contributed by atoms with Gasteiger partial charge in [0.25, 0.3) is 0 Å². The highest BCUT2D eigenvalue weighted by atomic mass is 35.5. The zero-order valence-corrected chi connectivity index (χ0v) is 17.0. The van der Waals surface area contributed by atoms with E-state index < -0.39 is 5.60 Å². The van der Waals surface area contributed by atoms with Crippen LogP contribution >= 0.6 is 11.6 Å². The molecule has 0 bridgehead atoms. The quantitative estimate of drug-likeness (QED) is 0.681. The van der Waals surface area contributed by atoms with Gasteiger partial charge < -0.3 is 19.3 Å². The SMILES string of the molecule is CC(C)(C)OC(=O)N1CCc2c(nc(Cl)nc2N2CCCC3(CCO3)C2)C1. The average Bonchev–Trinajstić information content (AvgIpc) is 2.57. The van der Waals surface area contributed by atoms with Crippen LogP contribution in [0.25, 0.3) is 0 Å². The molecule has 1 aromatic heterocycles. The predicted octanol–water partition coefficient (Wildman–Crippen LogP) is 3.18. The first-order valence-electron chi connectivity index (χ1n) is 9.67. The first-order chi connectivity index (χ1) is 12.7. The monoisotopic (exact) mass is 394 g/mol. The fraction of sp³-hybridized carbons (Fsp3) is 0.737. The molecule has 8 heteroatoms. The molecule has 3 aliphatic heterocycles. The Morgan fingerprint density at radius 3 is 2.70 bits per heavy atom. The highest BCUT2D eigenvalue weighted by Gasteiger charge is 2.43. The molecule has 2 saturated heterocycles. The number of hydrogen-bond acceptors (Lipinski definition) is 6. The number of carbonyl (C=O) groups excluding carboxylic acids is 1. The number of halogens is 1. The molecular weight excluding hydrogens is 368 g/mol. The number of amides is 1. The zero-order chi connectivity index (χ0) is 19.2. The fourth-order valence-electron chi connectivity index (χ4n) is 4.12. The Morgan fingerprint density at radius 2 is 2.04 bits per heavy atom. The van der Waals surface area contributed by atoms with Crippen LogP contribution in [0.4, 0.5) is 10.6 Å². The smallest absolute Gasteiger partial charge is 0.410 e. The molecule has 1 atom stereocenters. The number of rotatable bonds is 1. The summed E-state index contributed by atoms with van der Waals surface area (Å²) in [4.78, 5) is 25.4. The van der Waals surface area contributed by atoms with Crippen LogP contribution < -0.4 is 4.90 Å². The van der Waals surface area contributed by atoms with Crippen LogP contribution in [0.2, 0.25) is 5.28 Å². The Hall–Kier alpha value is -1.60. The molecule has 0 N–H and O–H groups in total. The highest BCUT2D eigenvalue weighted by Crippen LogP contribution is 2.38. The van der Waals surface area contributed by atoms with Gasteiger partial charge in [-0.05, 0) is 51.6 Å². The lowest BCUT2D eigenvalue weighted by atomic mass is 9.85. The van der Waals surface area contributed by atoms with Crippen LogP contribution in [-0.2, 0) is 22.4 Å². The van der Waals surface area contributed by atoms with Crippen molar-refractivity contribution in [1.29, 1.82) is 0 Å². The second-order valence-corrected chi connectivity index (χ2v) is 9.04. The lowest BCUT2D eigenvalue weighted by Gasteiger charge is -2.49. The topological polar surface area (TPSA) is 67.8 Å². The minimum Gasteiger partial charge on any atom is -0.444 e. The molecule has 1 aromatic rings. The summed E-state index contributed by atoms with van der Waals surface area (Å²) in [6.07, 6.45) is 3.68. The first-order valence-corrected chi connectivity index (χ1v) is 10.0. The van der Waals surface area contributed by atoms with Crippen molar-refractivity contribution in [1.82, 2.24) is 14.9 Å². The lowest BCUT2D eigenvalue weighted by molar-refractivity contribution is -0.151. The van der Waals surface area contributed by atoms with Gasteiger partial charge in [0.1, 0.15) is 11.4 Å². The molecule has 0 aliphatic carbocycles. The zero-order valence-electron chi connectivity index (χ0n) is 16.3. The summed E-state index contributed by atoms with van der Waals surface area (Å²) < 4.78 is 11.4. The number of aromatic nitrogens is 2. The maximum absolute atomic E-state index is 12.4. The normalized spacial score (nSPS) is 25.2. The summed E-state index contributed by atoms with van der Waals surface area (Å²) in [6.45, 7) is 9.24. The van der Waals surface area contributed by atoms with Gasteiger partial charge in [0.05, 0.1) is 24.4 Å². The highest BCUT2D eigenvalue weighted by molar-refractivity contribution is 6.28. The molecule has 4 rings (SSSR count). The van der Waals surface area contributed by atoms with Gasteiger partial charge in [0, 0.05) is 31.6 Å². The molecular formula is C19H27ClN4O3. The third-order valence-electron chi connectivity index (χ3n) is 5.47. The second-order valence-electron chi connectivity index (χ2n) is 8.70. The molecule has 7 nitrogen and oxygen atoms in total. The Kier molecular flexibility index (Phi) is 4.71. The van der Waals surface area contributed by atoms with E-state index in [0.717, 1.165) is 56.0 Å². The lowest BCUT2D eigenvalue weighted by Crippen LogP contribution is -2.56. The van der Waals surface area contributed by atoms with Gasteiger partial charge in [-0.15, -0.1) is 0 Å². The summed E-state index contributed by atoms with van der Waals surface area (Å²) in [7, 11) is 0. The summed E-state index contributed by atoms with van der Waals surface area (Å²) in [5, 5.41) is 0.226. The Labute approximate surface area is 165 Å². The number of nitrogens with zero attached hydrogens (tertiary/aromatic N) is 4. The van der Waals surface area contributed by atoms with E-state index in [1.165, 1.54) is 0 Å². The van der Waals surface area contributed by atoms with E-state index >= 15 is 0 Å². The molecule has 0 saturated carbocycles. The predicted molar refractivity (Wildman–Crippen MR) is 102 cm³/mol. The molecule has 4 heterocycles. The van der Waals surface area contributed by atoms with E-state index in [-0.39, 0.29) is 17.0 Å². The summed E-state index contributed by atoms with van der Waals surface area (Å²) in [5.41, 5.74) is 1.38. The molecule has 0 radical (unpaired) electrons. The third kappa shape index (κ3) is 3.85. The molecule has 3 aliphatic rings. The minimum atomic E-state index is -0.517. The largest absolute Gasteiger partial charge is 0.444 e. The van der Waals surface area contributed by atoms with Gasteiger partial charge in [-0.2, -0.15) is 0 Å². The van der Waals surface area contributed by atoms with Crippen molar-refractivity contribution >= 4 is 23.5 Å². The first kappa shape index (κ1) is 18.7. The van der Waals surface area contributed by atoms with Gasteiger partial charge in [0.2, 0.25) is 5.28 Å². The van der Waals surface area contributed by atoms with Crippen molar-refractivity contribution in [3.63, 3.8) is 0 Å². The Balaban J connectivity index is 1.56. The van der Waals surface area contributed by atoms with Crippen molar-refractivity contribution in [3.8, 4) is 0 Å². The maximum Gasteiger partial charge on any atom is 0.410 e. The number of hydrogen-bond donors (Lipinski definition) is 0. The number of anilines is 1. The van der Waals surface area contributed by atoms with Gasteiger partial charge in [-0.1, -0.05) is 0 Å².